The molecule has 2 rings (SSSR count). The predicted molar refractivity (Wildman–Crippen MR) is 71.7 cm³/mol. The van der Waals surface area contributed by atoms with Gasteiger partial charge in [-0.05, 0) is 26.0 Å². The zero-order valence-electron chi connectivity index (χ0n) is 10.9. The van der Waals surface area contributed by atoms with E-state index in [1.54, 1.807) is 29.2 Å². The van der Waals surface area contributed by atoms with Crippen LogP contribution in [0.15, 0.2) is 35.7 Å². The van der Waals surface area contributed by atoms with Crippen molar-refractivity contribution in [3.8, 4) is 11.5 Å². The number of ether oxygens (including phenoxy) is 1. The molecule has 0 saturated carbocycles. The number of rotatable bonds is 4. The molecule has 19 heavy (non-hydrogen) atoms. The van der Waals surface area contributed by atoms with Crippen molar-refractivity contribution in [2.45, 2.75) is 20.4 Å². The molecule has 6 heteroatoms. The van der Waals surface area contributed by atoms with E-state index in [4.69, 9.17) is 15.7 Å². The van der Waals surface area contributed by atoms with E-state index >= 15 is 0 Å². The molecule has 0 aliphatic carbocycles. The van der Waals surface area contributed by atoms with Gasteiger partial charge in [-0.1, -0.05) is 16.8 Å². The van der Waals surface area contributed by atoms with Crippen LogP contribution in [0, 0.1) is 6.92 Å². The number of amidine groups is 1. The minimum absolute atomic E-state index is 0.0154. The van der Waals surface area contributed by atoms with Gasteiger partial charge in [0.25, 0.3) is 0 Å². The Morgan fingerprint density at radius 2 is 2.32 bits per heavy atom. The van der Waals surface area contributed by atoms with Crippen LogP contribution in [0.25, 0.3) is 0 Å². The van der Waals surface area contributed by atoms with Crippen molar-refractivity contribution in [2.75, 3.05) is 0 Å². The van der Waals surface area contributed by atoms with Crippen molar-refractivity contribution in [1.29, 1.82) is 0 Å². The van der Waals surface area contributed by atoms with Crippen LogP contribution in [0.3, 0.4) is 0 Å². The van der Waals surface area contributed by atoms with E-state index in [0.29, 0.717) is 17.1 Å². The van der Waals surface area contributed by atoms with Gasteiger partial charge in [-0.25, -0.2) is 0 Å². The van der Waals surface area contributed by atoms with E-state index in [2.05, 4.69) is 10.3 Å². The number of nitrogens with zero attached hydrogens (tertiary/aromatic N) is 3. The van der Waals surface area contributed by atoms with Gasteiger partial charge in [0.05, 0.1) is 18.0 Å². The van der Waals surface area contributed by atoms with Gasteiger partial charge in [0.2, 0.25) is 0 Å². The molecule has 0 radical (unpaired) electrons. The minimum Gasteiger partial charge on any atom is -0.453 e. The Balaban J connectivity index is 2.34. The molecule has 0 aliphatic heterocycles. The Morgan fingerprint density at radius 1 is 1.53 bits per heavy atom. The summed E-state index contributed by atoms with van der Waals surface area (Å²) in [4.78, 5) is 0. The van der Waals surface area contributed by atoms with E-state index in [0.717, 1.165) is 12.1 Å². The smallest absolute Gasteiger partial charge is 0.173 e. The summed E-state index contributed by atoms with van der Waals surface area (Å²) in [7, 11) is 0. The lowest BCUT2D eigenvalue weighted by Crippen LogP contribution is -2.14. The van der Waals surface area contributed by atoms with Crippen LogP contribution < -0.4 is 10.5 Å². The first-order valence-corrected chi connectivity index (χ1v) is 5.93. The van der Waals surface area contributed by atoms with Crippen LogP contribution in [0.2, 0.25) is 0 Å². The topological polar surface area (TPSA) is 85.7 Å². The molecule has 0 saturated heterocycles. The Labute approximate surface area is 111 Å². The molecular weight excluding hydrogens is 244 g/mol. The average molecular weight is 260 g/mol. The molecule has 0 fully saturated rings. The molecule has 0 atom stereocenters. The predicted octanol–water partition coefficient (Wildman–Crippen LogP) is 2.10. The molecule has 1 heterocycles. The van der Waals surface area contributed by atoms with Crippen LogP contribution in [0.1, 0.15) is 18.1 Å². The average Bonchev–Trinajstić information content (AvgIpc) is 2.87. The normalized spacial score (nSPS) is 11.6. The second-order valence-electron chi connectivity index (χ2n) is 4.12. The molecule has 2 aromatic rings. The molecule has 0 spiro atoms. The van der Waals surface area contributed by atoms with Gasteiger partial charge in [-0.2, -0.15) is 5.10 Å². The van der Waals surface area contributed by atoms with Gasteiger partial charge in [0, 0.05) is 6.54 Å². The van der Waals surface area contributed by atoms with E-state index in [1.165, 1.54) is 0 Å². The van der Waals surface area contributed by atoms with Crippen molar-refractivity contribution in [2.24, 2.45) is 10.9 Å². The highest BCUT2D eigenvalue weighted by Gasteiger charge is 2.10. The van der Waals surface area contributed by atoms with E-state index in [9.17, 15) is 0 Å². The SMILES string of the molecule is CCn1cc(Oc2ccc(C)cc2/C(N)=N/O)cn1. The summed E-state index contributed by atoms with van der Waals surface area (Å²) in [6, 6.07) is 5.48. The van der Waals surface area contributed by atoms with Crippen molar-refractivity contribution in [3.63, 3.8) is 0 Å². The number of aromatic nitrogens is 2. The summed E-state index contributed by atoms with van der Waals surface area (Å²) in [5, 5.41) is 15.9. The number of nitrogens with two attached hydrogens (primary N) is 1. The third kappa shape index (κ3) is 2.85. The maximum atomic E-state index is 8.80. The van der Waals surface area contributed by atoms with Crippen LogP contribution in [0.5, 0.6) is 11.5 Å². The van der Waals surface area contributed by atoms with Crippen LogP contribution in [-0.4, -0.2) is 20.8 Å². The van der Waals surface area contributed by atoms with E-state index in [-0.39, 0.29) is 5.84 Å². The van der Waals surface area contributed by atoms with Crippen molar-refractivity contribution < 1.29 is 9.94 Å². The zero-order valence-corrected chi connectivity index (χ0v) is 10.9. The lowest BCUT2D eigenvalue weighted by Gasteiger charge is -2.09. The van der Waals surface area contributed by atoms with E-state index < -0.39 is 0 Å². The Hall–Kier alpha value is -2.50. The third-order valence-electron chi connectivity index (χ3n) is 2.68. The molecule has 100 valence electrons. The number of hydrogen-bond donors (Lipinski definition) is 2. The molecule has 0 aliphatic rings. The first-order chi connectivity index (χ1) is 9.13. The fourth-order valence-corrected chi connectivity index (χ4v) is 1.68. The number of hydrogen-bond acceptors (Lipinski definition) is 4. The van der Waals surface area contributed by atoms with Crippen molar-refractivity contribution in [3.05, 3.63) is 41.7 Å². The molecule has 1 aromatic carbocycles. The monoisotopic (exact) mass is 260 g/mol. The van der Waals surface area contributed by atoms with Crippen molar-refractivity contribution >= 4 is 5.84 Å². The zero-order chi connectivity index (χ0) is 13.8. The number of oxime groups is 1. The van der Waals surface area contributed by atoms with Gasteiger partial charge in [-0.3, -0.25) is 4.68 Å². The van der Waals surface area contributed by atoms with Crippen LogP contribution >= 0.6 is 0 Å². The van der Waals surface area contributed by atoms with Gasteiger partial charge < -0.3 is 15.7 Å². The Bertz CT molecular complexity index is 604. The number of benzene rings is 1. The maximum absolute atomic E-state index is 8.80. The van der Waals surface area contributed by atoms with Crippen LogP contribution in [0.4, 0.5) is 0 Å². The van der Waals surface area contributed by atoms with Crippen molar-refractivity contribution in [1.82, 2.24) is 9.78 Å². The molecule has 0 unspecified atom stereocenters. The molecule has 6 nitrogen and oxygen atoms in total. The molecular formula is C13H16N4O2. The lowest BCUT2D eigenvalue weighted by atomic mass is 10.1. The summed E-state index contributed by atoms with van der Waals surface area (Å²) < 4.78 is 7.47. The first-order valence-electron chi connectivity index (χ1n) is 5.93. The maximum Gasteiger partial charge on any atom is 0.173 e. The second-order valence-corrected chi connectivity index (χ2v) is 4.12. The first kappa shape index (κ1) is 12.9. The standard InChI is InChI=1S/C13H16N4O2/c1-3-17-8-10(7-15-17)19-12-5-4-9(2)6-11(12)13(14)16-18/h4-8,18H,3H2,1-2H3,(H2,14,16). The summed E-state index contributed by atoms with van der Waals surface area (Å²) in [5.74, 6) is 1.15. The highest BCUT2D eigenvalue weighted by Crippen LogP contribution is 2.25. The van der Waals surface area contributed by atoms with Crippen LogP contribution in [-0.2, 0) is 6.54 Å². The third-order valence-corrected chi connectivity index (χ3v) is 2.68. The highest BCUT2D eigenvalue weighted by atomic mass is 16.5. The van der Waals surface area contributed by atoms with Gasteiger partial charge >= 0.3 is 0 Å². The quantitative estimate of drug-likeness (QED) is 0.381. The summed E-state index contributed by atoms with van der Waals surface area (Å²) in [6.45, 7) is 4.68. The lowest BCUT2D eigenvalue weighted by molar-refractivity contribution is 0.318. The summed E-state index contributed by atoms with van der Waals surface area (Å²) in [5.41, 5.74) is 7.19. The Morgan fingerprint density at radius 3 is 2.95 bits per heavy atom. The highest BCUT2D eigenvalue weighted by molar-refractivity contribution is 5.99. The summed E-state index contributed by atoms with van der Waals surface area (Å²) in [6.07, 6.45) is 3.41. The molecule has 0 amide bonds. The van der Waals surface area contributed by atoms with Gasteiger partial charge in [0.1, 0.15) is 5.75 Å². The van der Waals surface area contributed by atoms with Gasteiger partial charge in [0.15, 0.2) is 11.6 Å². The molecule has 1 aromatic heterocycles. The number of aryl methyl sites for hydroxylation is 2. The second kappa shape index (κ2) is 5.43. The fourth-order valence-electron chi connectivity index (χ4n) is 1.68. The fraction of sp³-hybridized carbons (Fsp3) is 0.231. The molecule has 3 N–H and O–H groups in total. The Kier molecular flexibility index (Phi) is 3.70. The minimum atomic E-state index is 0.0154. The molecule has 0 bridgehead atoms. The summed E-state index contributed by atoms with van der Waals surface area (Å²) >= 11 is 0. The van der Waals surface area contributed by atoms with Gasteiger partial charge in [-0.15, -0.1) is 0 Å². The van der Waals surface area contributed by atoms with E-state index in [1.807, 2.05) is 19.9 Å². The largest absolute Gasteiger partial charge is 0.453 e.